The van der Waals surface area contributed by atoms with E-state index in [2.05, 4.69) is 4.98 Å². The molecule has 1 aliphatic carbocycles. The lowest BCUT2D eigenvalue weighted by Crippen LogP contribution is -2.49. The van der Waals surface area contributed by atoms with E-state index in [-0.39, 0.29) is 22.9 Å². The molecule has 0 radical (unpaired) electrons. The van der Waals surface area contributed by atoms with Gasteiger partial charge in [-0.25, -0.2) is 9.18 Å². The van der Waals surface area contributed by atoms with Crippen LogP contribution in [0.1, 0.15) is 39.6 Å². The third kappa shape index (κ3) is 3.74. The van der Waals surface area contributed by atoms with Crippen molar-refractivity contribution < 1.29 is 23.8 Å². The second-order valence-corrected chi connectivity index (χ2v) is 8.49. The average molecular weight is 466 g/mol. The molecular weight excluding hydrogens is 443 g/mol. The lowest BCUT2D eigenvalue weighted by atomic mass is 10.1. The number of anilines is 1. The van der Waals surface area contributed by atoms with Crippen molar-refractivity contribution in [3.8, 4) is 5.75 Å². The number of nitrogens with zero attached hydrogens (tertiary/aromatic N) is 4. The quantitative estimate of drug-likeness (QED) is 0.616. The maximum atomic E-state index is 15.1. The normalized spacial score (nSPS) is 16.1. The number of amides is 1. The van der Waals surface area contributed by atoms with Gasteiger partial charge >= 0.3 is 5.97 Å². The highest BCUT2D eigenvalue weighted by molar-refractivity contribution is 5.97. The second-order valence-electron chi connectivity index (χ2n) is 8.49. The van der Waals surface area contributed by atoms with Gasteiger partial charge in [-0.2, -0.15) is 0 Å². The highest BCUT2D eigenvalue weighted by atomic mass is 19.1. The molecule has 3 aromatic rings. The molecule has 5 rings (SSSR count). The number of halogens is 1. The Morgan fingerprint density at radius 2 is 1.88 bits per heavy atom. The Bertz CT molecular complexity index is 1360. The number of hydrogen-bond donors (Lipinski definition) is 1. The molecule has 34 heavy (non-hydrogen) atoms. The van der Waals surface area contributed by atoms with E-state index >= 15 is 4.39 Å². The summed E-state index contributed by atoms with van der Waals surface area (Å²) in [5.41, 5.74) is 0.177. The number of carbonyl (C=O) groups excluding carboxylic acids is 1. The number of aromatic carboxylic acids is 1. The van der Waals surface area contributed by atoms with Gasteiger partial charge in [-0.05, 0) is 31.0 Å². The Labute approximate surface area is 194 Å². The topological polar surface area (TPSA) is 105 Å². The molecular formula is C24H23FN4O5. The smallest absolute Gasteiger partial charge is 0.341 e. The molecule has 2 aliphatic rings. The van der Waals surface area contributed by atoms with Gasteiger partial charge in [0.05, 0.1) is 23.9 Å². The van der Waals surface area contributed by atoms with Crippen LogP contribution in [0, 0.1) is 5.82 Å². The van der Waals surface area contributed by atoms with E-state index in [0.29, 0.717) is 48.7 Å². The summed E-state index contributed by atoms with van der Waals surface area (Å²) in [5.74, 6) is -1.67. The summed E-state index contributed by atoms with van der Waals surface area (Å²) in [6, 6.07) is 4.49. The number of methoxy groups -OCH3 is 1. The molecule has 9 nitrogen and oxygen atoms in total. The van der Waals surface area contributed by atoms with Gasteiger partial charge in [-0.3, -0.25) is 14.6 Å². The molecule has 176 valence electrons. The summed E-state index contributed by atoms with van der Waals surface area (Å²) in [5, 5.41) is 9.47. The molecule has 1 amide bonds. The second kappa shape index (κ2) is 8.44. The number of fused-ring (bicyclic) bond motifs is 1. The molecule has 3 heterocycles. The van der Waals surface area contributed by atoms with Crippen molar-refractivity contribution in [3.05, 3.63) is 64.0 Å². The number of aromatic nitrogens is 2. The van der Waals surface area contributed by atoms with Crippen LogP contribution < -0.4 is 15.1 Å². The van der Waals surface area contributed by atoms with Crippen LogP contribution in [-0.4, -0.2) is 64.7 Å². The minimum Gasteiger partial charge on any atom is -0.496 e. The monoisotopic (exact) mass is 466 g/mol. The van der Waals surface area contributed by atoms with Gasteiger partial charge in [0.1, 0.15) is 17.1 Å². The maximum absolute atomic E-state index is 15.1. The number of pyridine rings is 2. The lowest BCUT2D eigenvalue weighted by Gasteiger charge is -2.36. The van der Waals surface area contributed by atoms with E-state index in [1.807, 2.05) is 4.90 Å². The van der Waals surface area contributed by atoms with Crippen LogP contribution >= 0.6 is 0 Å². The molecule has 1 saturated heterocycles. The number of rotatable bonds is 5. The lowest BCUT2D eigenvalue weighted by molar-refractivity contribution is 0.0693. The Kier molecular flexibility index (Phi) is 5.43. The number of carbonyl (C=O) groups is 2. The van der Waals surface area contributed by atoms with E-state index < -0.39 is 17.2 Å². The number of hydrogen-bond acceptors (Lipinski definition) is 6. The van der Waals surface area contributed by atoms with Crippen molar-refractivity contribution in [2.45, 2.75) is 18.9 Å². The number of piperazine rings is 1. The van der Waals surface area contributed by atoms with E-state index in [1.165, 1.54) is 19.5 Å². The van der Waals surface area contributed by atoms with Crippen molar-refractivity contribution in [2.24, 2.45) is 0 Å². The van der Waals surface area contributed by atoms with Gasteiger partial charge in [0.15, 0.2) is 0 Å². The van der Waals surface area contributed by atoms with Crippen LogP contribution in [0.2, 0.25) is 0 Å². The molecule has 0 spiro atoms. The van der Waals surface area contributed by atoms with Gasteiger partial charge in [0, 0.05) is 56.2 Å². The predicted octanol–water partition coefficient (Wildman–Crippen LogP) is 2.54. The van der Waals surface area contributed by atoms with Crippen LogP contribution in [0.5, 0.6) is 5.75 Å². The van der Waals surface area contributed by atoms with Crippen LogP contribution in [0.4, 0.5) is 10.1 Å². The van der Waals surface area contributed by atoms with E-state index in [1.54, 1.807) is 27.8 Å². The van der Waals surface area contributed by atoms with Crippen LogP contribution in [0.25, 0.3) is 10.9 Å². The number of carboxylic acids is 1. The Morgan fingerprint density at radius 3 is 2.53 bits per heavy atom. The standard InChI is InChI=1S/C24H23FN4O5/c1-34-21-4-5-26-12-16(21)23(31)28-8-6-27(7-9-28)20-11-19-15(10-18(20)25)22(30)17(24(32)33)13-29(19)14-2-3-14/h4-5,10-14H,2-3,6-9H2,1H3,(H,32,33). The fraction of sp³-hybridized carbons (Fsp3) is 0.333. The largest absolute Gasteiger partial charge is 0.496 e. The minimum atomic E-state index is -1.32. The molecule has 0 unspecified atom stereocenters. The van der Waals surface area contributed by atoms with Crippen LogP contribution in [0.3, 0.4) is 0 Å². The van der Waals surface area contributed by atoms with E-state index in [4.69, 9.17) is 4.74 Å². The van der Waals surface area contributed by atoms with Crippen LogP contribution in [0.15, 0.2) is 41.6 Å². The molecule has 1 saturated carbocycles. The van der Waals surface area contributed by atoms with E-state index in [0.717, 1.165) is 18.9 Å². The zero-order valence-electron chi connectivity index (χ0n) is 18.5. The van der Waals surface area contributed by atoms with Crippen molar-refractivity contribution in [3.63, 3.8) is 0 Å². The van der Waals surface area contributed by atoms with Crippen molar-refractivity contribution >= 4 is 28.5 Å². The molecule has 2 aromatic heterocycles. The van der Waals surface area contributed by atoms with Crippen molar-refractivity contribution in [1.82, 2.24) is 14.5 Å². The fourth-order valence-corrected chi connectivity index (χ4v) is 4.45. The molecule has 1 aliphatic heterocycles. The molecule has 1 aromatic carbocycles. The summed E-state index contributed by atoms with van der Waals surface area (Å²) in [6.07, 6.45) is 6.14. The Hall–Kier alpha value is -3.95. The summed E-state index contributed by atoms with van der Waals surface area (Å²) >= 11 is 0. The Balaban J connectivity index is 1.43. The number of ether oxygens (including phenoxy) is 1. The summed E-state index contributed by atoms with van der Waals surface area (Å²) in [7, 11) is 1.49. The first kappa shape index (κ1) is 21.9. The average Bonchev–Trinajstić information content (AvgIpc) is 3.69. The summed E-state index contributed by atoms with van der Waals surface area (Å²) in [6.45, 7) is 1.55. The Morgan fingerprint density at radius 1 is 1.15 bits per heavy atom. The third-order valence-corrected chi connectivity index (χ3v) is 6.41. The summed E-state index contributed by atoms with van der Waals surface area (Å²) in [4.78, 5) is 44.7. The van der Waals surface area contributed by atoms with E-state index in [9.17, 15) is 19.5 Å². The SMILES string of the molecule is COc1ccncc1C(=O)N1CCN(c2cc3c(cc2F)c(=O)c(C(=O)O)cn3C2CC2)CC1. The molecule has 0 atom stereocenters. The van der Waals surface area contributed by atoms with Crippen molar-refractivity contribution in [1.29, 1.82) is 0 Å². The van der Waals surface area contributed by atoms with Crippen LogP contribution in [-0.2, 0) is 0 Å². The first-order chi connectivity index (χ1) is 16.4. The van der Waals surface area contributed by atoms with Gasteiger partial charge < -0.3 is 24.2 Å². The first-order valence-electron chi connectivity index (χ1n) is 11.0. The maximum Gasteiger partial charge on any atom is 0.341 e. The number of benzene rings is 1. The van der Waals surface area contributed by atoms with Gasteiger partial charge in [-0.1, -0.05) is 0 Å². The zero-order chi connectivity index (χ0) is 24.0. The van der Waals surface area contributed by atoms with Gasteiger partial charge in [0.2, 0.25) is 5.43 Å². The highest BCUT2D eigenvalue weighted by Crippen LogP contribution is 2.38. The van der Waals surface area contributed by atoms with Gasteiger partial charge in [-0.15, -0.1) is 0 Å². The molecule has 1 N–H and O–H groups in total. The molecule has 2 fully saturated rings. The third-order valence-electron chi connectivity index (χ3n) is 6.41. The predicted molar refractivity (Wildman–Crippen MR) is 122 cm³/mol. The molecule has 0 bridgehead atoms. The fourth-order valence-electron chi connectivity index (χ4n) is 4.45. The minimum absolute atomic E-state index is 0.0607. The summed E-state index contributed by atoms with van der Waals surface area (Å²) < 4.78 is 22.2. The zero-order valence-corrected chi connectivity index (χ0v) is 18.5. The molecule has 10 heteroatoms. The first-order valence-corrected chi connectivity index (χ1v) is 11.0. The van der Waals surface area contributed by atoms with Crippen molar-refractivity contribution in [2.75, 3.05) is 38.2 Å². The highest BCUT2D eigenvalue weighted by Gasteiger charge is 2.29. The van der Waals surface area contributed by atoms with Gasteiger partial charge in [0.25, 0.3) is 5.91 Å². The number of carboxylic acid groups (broad SMARTS) is 1.